The van der Waals surface area contributed by atoms with Crippen molar-refractivity contribution in [3.63, 3.8) is 0 Å². The van der Waals surface area contributed by atoms with E-state index in [1.165, 1.54) is 37.3 Å². The van der Waals surface area contributed by atoms with Gasteiger partial charge in [-0.15, -0.1) is 0 Å². The summed E-state index contributed by atoms with van der Waals surface area (Å²) >= 11 is 0. The summed E-state index contributed by atoms with van der Waals surface area (Å²) in [6, 6.07) is 17.6. The summed E-state index contributed by atoms with van der Waals surface area (Å²) in [7, 11) is 0.177. The van der Waals surface area contributed by atoms with Crippen molar-refractivity contribution in [2.24, 2.45) is 0 Å². The van der Waals surface area contributed by atoms with Crippen LogP contribution in [0.3, 0.4) is 0 Å². The second kappa shape index (κ2) is 15.2. The second-order valence-electron chi connectivity index (χ2n) is 11.1. The Kier molecular flexibility index (Phi) is 11.3. The first-order valence-corrected chi connectivity index (χ1v) is 16.6. The van der Waals surface area contributed by atoms with Crippen molar-refractivity contribution in [2.75, 3.05) is 32.2 Å². The van der Waals surface area contributed by atoms with E-state index in [0.29, 0.717) is 17.9 Å². The van der Waals surface area contributed by atoms with Crippen molar-refractivity contribution in [1.29, 1.82) is 0 Å². The number of anilines is 1. The van der Waals surface area contributed by atoms with Gasteiger partial charge in [-0.1, -0.05) is 49.6 Å². The molecule has 1 aliphatic carbocycles. The standard InChI is InChI=1S/C34H43N3O7S/c1-6-30(34(39)35-26-11-7-8-12-26)36(22-25-10-9-13-27(20-25)42-3)33(38)23-37(31-21-28(43-4)16-19-32(31)44-5)45(40,41)29-17-14-24(2)15-18-29/h9-10,13-21,26,30H,6-8,11-12,22-23H2,1-5H3,(H,35,39)/t30-/m1/s1. The maximum absolute atomic E-state index is 14.5. The number of rotatable bonds is 14. The molecule has 1 atom stereocenters. The van der Waals surface area contributed by atoms with Gasteiger partial charge in [0.25, 0.3) is 10.0 Å². The number of nitrogens with one attached hydrogen (secondary N) is 1. The van der Waals surface area contributed by atoms with Crippen LogP contribution in [-0.2, 0) is 26.2 Å². The van der Waals surface area contributed by atoms with Crippen LogP contribution in [0.15, 0.2) is 71.6 Å². The molecule has 0 heterocycles. The minimum absolute atomic E-state index is 0.0103. The van der Waals surface area contributed by atoms with Crippen molar-refractivity contribution in [3.8, 4) is 17.2 Å². The highest BCUT2D eigenvalue weighted by Gasteiger charge is 2.35. The van der Waals surface area contributed by atoms with Gasteiger partial charge in [0.2, 0.25) is 11.8 Å². The molecule has 2 amide bonds. The lowest BCUT2D eigenvalue weighted by atomic mass is 10.1. The summed E-state index contributed by atoms with van der Waals surface area (Å²) in [5.41, 5.74) is 1.76. The quantitative estimate of drug-likeness (QED) is 0.262. The largest absolute Gasteiger partial charge is 0.497 e. The molecule has 4 rings (SSSR count). The van der Waals surface area contributed by atoms with Crippen molar-refractivity contribution in [3.05, 3.63) is 77.9 Å². The molecule has 0 bridgehead atoms. The minimum atomic E-state index is -4.28. The Labute approximate surface area is 266 Å². The van der Waals surface area contributed by atoms with Crippen LogP contribution in [0, 0.1) is 6.92 Å². The van der Waals surface area contributed by atoms with Crippen molar-refractivity contribution in [2.45, 2.75) is 69.5 Å². The van der Waals surface area contributed by atoms with Crippen LogP contribution in [0.2, 0.25) is 0 Å². The van der Waals surface area contributed by atoms with E-state index in [0.717, 1.165) is 41.1 Å². The van der Waals surface area contributed by atoms with Gasteiger partial charge in [0.05, 0.1) is 31.9 Å². The number of nitrogens with zero attached hydrogens (tertiary/aromatic N) is 2. The Bertz CT molecular complexity index is 1570. The molecule has 1 saturated carbocycles. The molecule has 10 nitrogen and oxygen atoms in total. The normalized spacial score (nSPS) is 14.0. The molecule has 242 valence electrons. The van der Waals surface area contributed by atoms with E-state index in [4.69, 9.17) is 14.2 Å². The van der Waals surface area contributed by atoms with Crippen molar-refractivity contribution >= 4 is 27.5 Å². The Morgan fingerprint density at radius 1 is 0.911 bits per heavy atom. The van der Waals surface area contributed by atoms with Gasteiger partial charge < -0.3 is 24.4 Å². The molecule has 0 aromatic heterocycles. The predicted octanol–water partition coefficient (Wildman–Crippen LogP) is 5.08. The van der Waals surface area contributed by atoms with Crippen LogP contribution in [0.1, 0.15) is 50.2 Å². The predicted molar refractivity (Wildman–Crippen MR) is 173 cm³/mol. The molecule has 3 aromatic rings. The number of aryl methyl sites for hydroxylation is 1. The van der Waals surface area contributed by atoms with Gasteiger partial charge in [0.1, 0.15) is 29.8 Å². The summed E-state index contributed by atoms with van der Waals surface area (Å²) < 4.78 is 45.9. The van der Waals surface area contributed by atoms with Crippen molar-refractivity contribution in [1.82, 2.24) is 10.2 Å². The van der Waals surface area contributed by atoms with Crippen LogP contribution >= 0.6 is 0 Å². The Morgan fingerprint density at radius 3 is 2.20 bits per heavy atom. The van der Waals surface area contributed by atoms with Crippen LogP contribution < -0.4 is 23.8 Å². The number of ether oxygens (including phenoxy) is 3. The van der Waals surface area contributed by atoms with Gasteiger partial charge in [0.15, 0.2) is 0 Å². The van der Waals surface area contributed by atoms with Gasteiger partial charge in [-0.2, -0.15) is 0 Å². The molecule has 0 spiro atoms. The van der Waals surface area contributed by atoms with Gasteiger partial charge in [-0.3, -0.25) is 13.9 Å². The molecule has 0 radical (unpaired) electrons. The first-order chi connectivity index (χ1) is 21.6. The van der Waals surface area contributed by atoms with E-state index in [1.54, 1.807) is 43.5 Å². The number of hydrogen-bond donors (Lipinski definition) is 1. The van der Waals surface area contributed by atoms with Crippen LogP contribution in [0.25, 0.3) is 0 Å². The summed E-state index contributed by atoms with van der Waals surface area (Å²) in [6.07, 6.45) is 4.21. The molecule has 1 fully saturated rings. The fourth-order valence-corrected chi connectivity index (χ4v) is 7.01. The molecule has 0 saturated heterocycles. The summed E-state index contributed by atoms with van der Waals surface area (Å²) in [4.78, 5) is 29.6. The lowest BCUT2D eigenvalue weighted by molar-refractivity contribution is -0.140. The number of hydrogen-bond acceptors (Lipinski definition) is 7. The average Bonchev–Trinajstić information content (AvgIpc) is 3.56. The third-order valence-corrected chi connectivity index (χ3v) is 9.89. The summed E-state index contributed by atoms with van der Waals surface area (Å²) in [6.45, 7) is 3.19. The van der Waals surface area contributed by atoms with Crippen LogP contribution in [0.5, 0.6) is 17.2 Å². The number of methoxy groups -OCH3 is 3. The fraction of sp³-hybridized carbons (Fsp3) is 0.412. The molecule has 0 aliphatic heterocycles. The Morgan fingerprint density at radius 2 is 1.58 bits per heavy atom. The average molecular weight is 638 g/mol. The fourth-order valence-electron chi connectivity index (χ4n) is 5.60. The number of sulfonamides is 1. The first-order valence-electron chi connectivity index (χ1n) is 15.2. The molecule has 45 heavy (non-hydrogen) atoms. The first kappa shape index (κ1) is 33.6. The van der Waals surface area contributed by atoms with Gasteiger partial charge >= 0.3 is 0 Å². The highest BCUT2D eigenvalue weighted by atomic mass is 32.2. The molecular weight excluding hydrogens is 594 g/mol. The molecule has 3 aromatic carbocycles. The van der Waals surface area contributed by atoms with Crippen LogP contribution in [0.4, 0.5) is 5.69 Å². The third-order valence-electron chi connectivity index (χ3n) is 8.12. The van der Waals surface area contributed by atoms with Gasteiger partial charge in [-0.05, 0) is 68.1 Å². The van der Waals surface area contributed by atoms with Gasteiger partial charge in [0, 0.05) is 18.7 Å². The lowest BCUT2D eigenvalue weighted by Gasteiger charge is -2.34. The third kappa shape index (κ3) is 8.08. The smallest absolute Gasteiger partial charge is 0.264 e. The lowest BCUT2D eigenvalue weighted by Crippen LogP contribution is -2.53. The zero-order valence-electron chi connectivity index (χ0n) is 26.6. The maximum atomic E-state index is 14.5. The number of amides is 2. The number of benzene rings is 3. The highest BCUT2D eigenvalue weighted by molar-refractivity contribution is 7.92. The van der Waals surface area contributed by atoms with Crippen molar-refractivity contribution < 1.29 is 32.2 Å². The van der Waals surface area contributed by atoms with E-state index in [-0.39, 0.29) is 34.8 Å². The maximum Gasteiger partial charge on any atom is 0.264 e. The molecule has 1 N–H and O–H groups in total. The van der Waals surface area contributed by atoms with E-state index < -0.39 is 28.5 Å². The molecule has 1 aliphatic rings. The van der Waals surface area contributed by atoms with E-state index in [2.05, 4.69) is 5.32 Å². The molecule has 11 heteroatoms. The van der Waals surface area contributed by atoms with Gasteiger partial charge in [-0.25, -0.2) is 8.42 Å². The summed E-state index contributed by atoms with van der Waals surface area (Å²) in [5.74, 6) is 0.426. The number of carbonyl (C=O) groups excluding carboxylic acids is 2. The molecular formula is C34H43N3O7S. The minimum Gasteiger partial charge on any atom is -0.497 e. The number of carbonyl (C=O) groups is 2. The topological polar surface area (TPSA) is 114 Å². The monoisotopic (exact) mass is 637 g/mol. The second-order valence-corrected chi connectivity index (χ2v) is 13.0. The SMILES string of the molecule is CC[C@H](C(=O)NC1CCCC1)N(Cc1cccc(OC)c1)C(=O)CN(c1cc(OC)ccc1OC)S(=O)(=O)c1ccc(C)cc1. The zero-order valence-corrected chi connectivity index (χ0v) is 27.4. The molecule has 0 unspecified atom stereocenters. The zero-order chi connectivity index (χ0) is 32.6. The highest BCUT2D eigenvalue weighted by Crippen LogP contribution is 2.36. The van der Waals surface area contributed by atoms with Crippen LogP contribution in [-0.4, -0.2) is 65.1 Å². The Hall–Kier alpha value is -4.25. The van der Waals surface area contributed by atoms with E-state index in [9.17, 15) is 18.0 Å². The summed E-state index contributed by atoms with van der Waals surface area (Å²) in [5, 5.41) is 3.13. The Balaban J connectivity index is 1.79. The van der Waals surface area contributed by atoms with E-state index >= 15 is 0 Å². The van der Waals surface area contributed by atoms with E-state index in [1.807, 2.05) is 26.0 Å².